The molecule has 16 heavy (non-hydrogen) atoms. The summed E-state index contributed by atoms with van der Waals surface area (Å²) in [6.07, 6.45) is 4.87. The summed E-state index contributed by atoms with van der Waals surface area (Å²) in [4.78, 5) is 4.13. The van der Waals surface area contributed by atoms with E-state index in [4.69, 9.17) is 0 Å². The summed E-state index contributed by atoms with van der Waals surface area (Å²) in [5, 5.41) is 3.30. The number of hydrogen-bond acceptors (Lipinski definition) is 3. The zero-order valence-corrected chi connectivity index (χ0v) is 10.9. The van der Waals surface area contributed by atoms with Crippen molar-refractivity contribution in [1.29, 1.82) is 0 Å². The monoisotopic (exact) mass is 243 g/mol. The van der Waals surface area contributed by atoms with Crippen LogP contribution in [-0.4, -0.2) is 31.8 Å². The van der Waals surface area contributed by atoms with Crippen molar-refractivity contribution in [1.82, 2.24) is 14.9 Å². The van der Waals surface area contributed by atoms with Crippen LogP contribution in [0.1, 0.15) is 26.0 Å². The lowest BCUT2D eigenvalue weighted by Gasteiger charge is -2.07. The molecule has 0 saturated heterocycles. The van der Waals surface area contributed by atoms with E-state index in [-0.39, 0.29) is 0 Å². The Labute approximate surface area is 99.9 Å². The molecule has 0 spiro atoms. The van der Waals surface area contributed by atoms with Gasteiger partial charge in [0, 0.05) is 48.1 Å². The van der Waals surface area contributed by atoms with E-state index >= 15 is 0 Å². The number of imidazole rings is 1. The van der Waals surface area contributed by atoms with Crippen molar-refractivity contribution in [2.24, 2.45) is 0 Å². The second-order valence-corrected chi connectivity index (χ2v) is 5.55. The molecule has 0 aliphatic heterocycles. The average molecular weight is 243 g/mol. The van der Waals surface area contributed by atoms with Gasteiger partial charge in [-0.05, 0) is 6.42 Å². The third-order valence-corrected chi connectivity index (χ3v) is 3.70. The van der Waals surface area contributed by atoms with Crippen molar-refractivity contribution >= 4 is 10.8 Å². The molecule has 4 nitrogen and oxygen atoms in total. The van der Waals surface area contributed by atoms with Gasteiger partial charge in [-0.1, -0.05) is 13.8 Å². The Morgan fingerprint density at radius 1 is 1.50 bits per heavy atom. The molecule has 1 aromatic rings. The first-order valence-corrected chi connectivity index (χ1v) is 7.31. The van der Waals surface area contributed by atoms with Crippen LogP contribution in [0.5, 0.6) is 0 Å². The van der Waals surface area contributed by atoms with Gasteiger partial charge < -0.3 is 9.88 Å². The molecule has 92 valence electrons. The lowest BCUT2D eigenvalue weighted by molar-refractivity contribution is 0.610. The van der Waals surface area contributed by atoms with Crippen molar-refractivity contribution in [3.05, 3.63) is 18.2 Å². The van der Waals surface area contributed by atoms with Crippen molar-refractivity contribution in [3.63, 3.8) is 0 Å². The Bertz CT molecular complexity index is 325. The van der Waals surface area contributed by atoms with Gasteiger partial charge in [-0.3, -0.25) is 4.21 Å². The molecule has 1 atom stereocenters. The van der Waals surface area contributed by atoms with Gasteiger partial charge in [0.1, 0.15) is 0 Å². The first-order valence-electron chi connectivity index (χ1n) is 5.82. The molecule has 0 aliphatic rings. The van der Waals surface area contributed by atoms with Gasteiger partial charge in [0.05, 0.1) is 12.0 Å². The fourth-order valence-corrected chi connectivity index (χ4v) is 2.15. The Hall–Kier alpha value is -0.680. The topological polar surface area (TPSA) is 46.9 Å². The molecule has 1 N–H and O–H groups in total. The zero-order chi connectivity index (χ0) is 11.8. The summed E-state index contributed by atoms with van der Waals surface area (Å²) in [6.45, 7) is 6.73. The Morgan fingerprint density at radius 3 is 3.00 bits per heavy atom. The molecule has 0 bridgehead atoms. The molecule has 0 saturated carbocycles. The summed E-state index contributed by atoms with van der Waals surface area (Å²) in [6, 6.07) is 0. The van der Waals surface area contributed by atoms with E-state index in [9.17, 15) is 4.21 Å². The van der Waals surface area contributed by atoms with Crippen molar-refractivity contribution in [2.45, 2.75) is 33.4 Å². The maximum Gasteiger partial charge on any atom is 0.0948 e. The van der Waals surface area contributed by atoms with Crippen molar-refractivity contribution in [3.8, 4) is 0 Å². The summed E-state index contributed by atoms with van der Waals surface area (Å²) < 4.78 is 13.4. The summed E-state index contributed by atoms with van der Waals surface area (Å²) in [5.41, 5.74) is 1.20. The highest BCUT2D eigenvalue weighted by molar-refractivity contribution is 7.84. The predicted molar refractivity (Wildman–Crippen MR) is 67.8 cm³/mol. The van der Waals surface area contributed by atoms with Crippen molar-refractivity contribution < 1.29 is 4.21 Å². The van der Waals surface area contributed by atoms with E-state index in [0.717, 1.165) is 37.6 Å². The fraction of sp³-hybridized carbons (Fsp3) is 0.727. The smallest absolute Gasteiger partial charge is 0.0948 e. The van der Waals surface area contributed by atoms with Crippen LogP contribution in [-0.2, 0) is 23.9 Å². The number of aromatic nitrogens is 2. The molecule has 1 aromatic heterocycles. The lowest BCUT2D eigenvalue weighted by atomic mass is 10.4. The van der Waals surface area contributed by atoms with E-state index in [2.05, 4.69) is 21.8 Å². The van der Waals surface area contributed by atoms with Crippen LogP contribution in [0.2, 0.25) is 0 Å². The third-order valence-electron chi connectivity index (χ3n) is 2.40. The van der Waals surface area contributed by atoms with E-state index in [1.165, 1.54) is 5.69 Å². The zero-order valence-electron chi connectivity index (χ0n) is 10.1. The van der Waals surface area contributed by atoms with Gasteiger partial charge in [-0.2, -0.15) is 0 Å². The summed E-state index contributed by atoms with van der Waals surface area (Å²) in [5.74, 6) is 1.48. The van der Waals surface area contributed by atoms with Crippen LogP contribution in [0.15, 0.2) is 12.5 Å². The molecular formula is C11H21N3OS. The summed E-state index contributed by atoms with van der Waals surface area (Å²) in [7, 11) is -0.669. The number of hydrogen-bond donors (Lipinski definition) is 1. The average Bonchev–Trinajstić information content (AvgIpc) is 2.72. The first-order chi connectivity index (χ1) is 7.77. The maximum absolute atomic E-state index is 11.2. The maximum atomic E-state index is 11.2. The van der Waals surface area contributed by atoms with Gasteiger partial charge >= 0.3 is 0 Å². The second-order valence-electron chi connectivity index (χ2n) is 3.69. The van der Waals surface area contributed by atoms with Gasteiger partial charge in [-0.15, -0.1) is 0 Å². The number of aryl methyl sites for hydroxylation is 1. The SMILES string of the molecule is CCCn1cncc1CNCCS(=O)CC. The van der Waals surface area contributed by atoms with E-state index in [0.29, 0.717) is 0 Å². The molecule has 0 radical (unpaired) electrons. The second kappa shape index (κ2) is 7.57. The van der Waals surface area contributed by atoms with Crippen LogP contribution in [0.25, 0.3) is 0 Å². The van der Waals surface area contributed by atoms with Gasteiger partial charge in [-0.25, -0.2) is 4.98 Å². The van der Waals surface area contributed by atoms with E-state index in [1.54, 1.807) is 0 Å². The minimum atomic E-state index is -0.669. The Balaban J connectivity index is 2.26. The van der Waals surface area contributed by atoms with Crippen LogP contribution in [0, 0.1) is 0 Å². The quantitative estimate of drug-likeness (QED) is 0.697. The summed E-state index contributed by atoms with van der Waals surface area (Å²) >= 11 is 0. The van der Waals surface area contributed by atoms with Gasteiger partial charge in [0.15, 0.2) is 0 Å². The first kappa shape index (κ1) is 13.4. The number of nitrogens with zero attached hydrogens (tertiary/aromatic N) is 2. The van der Waals surface area contributed by atoms with Crippen molar-refractivity contribution in [2.75, 3.05) is 18.1 Å². The Morgan fingerprint density at radius 2 is 2.31 bits per heavy atom. The highest BCUT2D eigenvalue weighted by Gasteiger charge is 2.01. The highest BCUT2D eigenvalue weighted by atomic mass is 32.2. The number of rotatable bonds is 8. The molecule has 0 aromatic carbocycles. The molecule has 1 unspecified atom stereocenters. The van der Waals surface area contributed by atoms with Gasteiger partial charge in [0.2, 0.25) is 0 Å². The molecule has 0 aliphatic carbocycles. The van der Waals surface area contributed by atoms with Gasteiger partial charge in [0.25, 0.3) is 0 Å². The Kier molecular flexibility index (Phi) is 6.33. The molecular weight excluding hydrogens is 222 g/mol. The molecule has 1 heterocycles. The van der Waals surface area contributed by atoms with Crippen LogP contribution in [0.4, 0.5) is 0 Å². The molecule has 0 fully saturated rings. The van der Waals surface area contributed by atoms with Crippen LogP contribution >= 0.6 is 0 Å². The van der Waals surface area contributed by atoms with Crippen LogP contribution < -0.4 is 5.32 Å². The minimum Gasteiger partial charge on any atom is -0.333 e. The normalized spacial score (nSPS) is 12.9. The highest BCUT2D eigenvalue weighted by Crippen LogP contribution is 2.00. The molecule has 0 amide bonds. The third kappa shape index (κ3) is 4.45. The standard InChI is InChI=1S/C11H21N3OS/c1-3-6-14-10-13-9-11(14)8-12-5-7-16(15)4-2/h9-10,12H,3-8H2,1-2H3. The minimum absolute atomic E-state index is 0.669. The van der Waals surface area contributed by atoms with Crippen LogP contribution in [0.3, 0.4) is 0 Å². The lowest BCUT2D eigenvalue weighted by Crippen LogP contribution is -2.22. The fourth-order valence-electron chi connectivity index (χ4n) is 1.48. The molecule has 1 rings (SSSR count). The van der Waals surface area contributed by atoms with E-state index in [1.807, 2.05) is 19.4 Å². The predicted octanol–water partition coefficient (Wildman–Crippen LogP) is 1.15. The largest absolute Gasteiger partial charge is 0.333 e. The molecule has 5 heteroatoms. The number of nitrogens with one attached hydrogen (secondary N) is 1. The van der Waals surface area contributed by atoms with E-state index < -0.39 is 10.8 Å².